The molecule has 0 aromatic carbocycles. The normalized spacial score (nSPS) is 14.2. The van der Waals surface area contributed by atoms with E-state index < -0.39 is 7.60 Å². The molecular weight excluding hydrogens is 319 g/mol. The van der Waals surface area contributed by atoms with E-state index >= 15 is 0 Å². The first-order chi connectivity index (χ1) is 9.92. The van der Waals surface area contributed by atoms with E-state index in [2.05, 4.69) is 25.6 Å². The quantitative estimate of drug-likeness (QED) is 0.692. The van der Waals surface area contributed by atoms with Gasteiger partial charge in [-0.1, -0.05) is 16.8 Å². The molecule has 3 heterocycles. The number of aromatic amines is 1. The summed E-state index contributed by atoms with van der Waals surface area (Å²) in [4.78, 5) is 13.8. The molecule has 9 nitrogen and oxygen atoms in total. The maximum atomic E-state index is 11.6. The average Bonchev–Trinajstić information content (AvgIpc) is 2.97. The summed E-state index contributed by atoms with van der Waals surface area (Å²) >= 11 is 5.92. The lowest BCUT2D eigenvalue weighted by Crippen LogP contribution is -1.99. The molecule has 0 saturated carbocycles. The molecule has 0 fully saturated rings. The highest BCUT2D eigenvalue weighted by Gasteiger charge is 2.22. The predicted octanol–water partition coefficient (Wildman–Crippen LogP) is 1.29. The third kappa shape index (κ3) is 3.05. The van der Waals surface area contributed by atoms with Crippen LogP contribution in [0.2, 0.25) is 5.02 Å². The maximum absolute atomic E-state index is 11.6. The van der Waals surface area contributed by atoms with Crippen molar-refractivity contribution < 1.29 is 14.0 Å². The Morgan fingerprint density at radius 1 is 1.57 bits per heavy atom. The number of tetrazole rings is 1. The van der Waals surface area contributed by atoms with Gasteiger partial charge in [-0.2, -0.15) is 5.21 Å². The van der Waals surface area contributed by atoms with E-state index in [0.717, 1.165) is 6.66 Å². The predicted molar refractivity (Wildman–Crippen MR) is 73.6 cm³/mol. The Hall–Kier alpha value is -1.96. The molecule has 110 valence electrons. The van der Waals surface area contributed by atoms with Gasteiger partial charge in [0.05, 0.1) is 6.42 Å². The molecule has 0 aliphatic heterocycles. The zero-order valence-corrected chi connectivity index (χ0v) is 12.4. The first-order valence-electron chi connectivity index (χ1n) is 5.81. The fourth-order valence-corrected chi connectivity index (χ4v) is 2.49. The number of H-pyrrole nitrogens is 1. The molecule has 2 N–H and O–H groups in total. The van der Waals surface area contributed by atoms with Crippen LogP contribution in [-0.2, 0) is 11.0 Å². The third-order valence-electron chi connectivity index (χ3n) is 2.58. The number of hydrogen-bond acceptors (Lipinski definition) is 6. The van der Waals surface area contributed by atoms with Crippen molar-refractivity contribution in [1.29, 1.82) is 0 Å². The van der Waals surface area contributed by atoms with Crippen molar-refractivity contribution in [3.05, 3.63) is 34.9 Å². The monoisotopic (exact) mass is 328 g/mol. The number of aromatic nitrogens is 6. The van der Waals surface area contributed by atoms with E-state index in [1.54, 1.807) is 18.3 Å². The number of fused-ring (bicyclic) bond motifs is 1. The smallest absolute Gasteiger partial charge is 0.374 e. The van der Waals surface area contributed by atoms with Crippen LogP contribution < -0.4 is 4.52 Å². The molecule has 0 amide bonds. The van der Waals surface area contributed by atoms with Crippen molar-refractivity contribution in [2.24, 2.45) is 0 Å². The second-order valence-electron chi connectivity index (χ2n) is 4.34. The number of pyridine rings is 1. The van der Waals surface area contributed by atoms with E-state index in [4.69, 9.17) is 16.1 Å². The standard InChI is InChI=1S/C10H10ClN6O3P/c1-21(18,19)20-10-7(5-8-13-15-16-14-8)12-9-4-6(11)2-3-17(9)10/h2-4H,5H2,1H3,(H,18,19)(H,13,14,15,16). The molecule has 0 bridgehead atoms. The summed E-state index contributed by atoms with van der Waals surface area (Å²) in [5.41, 5.74) is 0.902. The molecule has 1 unspecified atom stereocenters. The minimum absolute atomic E-state index is 0.153. The molecular formula is C10H10ClN6O3P. The van der Waals surface area contributed by atoms with Gasteiger partial charge in [-0.05, 0) is 6.07 Å². The summed E-state index contributed by atoms with van der Waals surface area (Å²) < 4.78 is 18.3. The molecule has 0 saturated heterocycles. The maximum Gasteiger partial charge on any atom is 0.374 e. The number of halogens is 1. The van der Waals surface area contributed by atoms with E-state index in [-0.39, 0.29) is 12.3 Å². The highest BCUT2D eigenvalue weighted by molar-refractivity contribution is 7.52. The number of nitrogens with one attached hydrogen (secondary N) is 1. The molecule has 11 heteroatoms. The molecule has 3 rings (SSSR count). The van der Waals surface area contributed by atoms with Crippen LogP contribution in [0, 0.1) is 0 Å². The van der Waals surface area contributed by atoms with Crippen LogP contribution in [0.1, 0.15) is 11.5 Å². The zero-order valence-electron chi connectivity index (χ0n) is 10.8. The van der Waals surface area contributed by atoms with Crippen molar-refractivity contribution in [2.75, 3.05) is 6.66 Å². The summed E-state index contributed by atoms with van der Waals surface area (Å²) in [7, 11) is -3.75. The van der Waals surface area contributed by atoms with Crippen LogP contribution in [-0.4, -0.2) is 41.6 Å². The third-order valence-corrected chi connectivity index (χ3v) is 3.33. The van der Waals surface area contributed by atoms with Crippen LogP contribution in [0.15, 0.2) is 18.3 Å². The van der Waals surface area contributed by atoms with Crippen LogP contribution in [0.4, 0.5) is 0 Å². The van der Waals surface area contributed by atoms with E-state index in [0.29, 0.717) is 22.2 Å². The van der Waals surface area contributed by atoms with E-state index in [1.165, 1.54) is 4.40 Å². The first kappa shape index (κ1) is 14.0. The Kier molecular flexibility index (Phi) is 3.40. The van der Waals surface area contributed by atoms with Gasteiger partial charge in [0, 0.05) is 24.0 Å². The van der Waals surface area contributed by atoms with E-state index in [9.17, 15) is 9.46 Å². The number of imidazole rings is 1. The Labute approximate surface area is 123 Å². The fourth-order valence-electron chi connectivity index (χ4n) is 1.83. The summed E-state index contributed by atoms with van der Waals surface area (Å²) in [5, 5.41) is 13.9. The van der Waals surface area contributed by atoms with Gasteiger partial charge in [0.25, 0.3) is 0 Å². The Balaban J connectivity index is 2.12. The Morgan fingerprint density at radius 2 is 2.38 bits per heavy atom. The van der Waals surface area contributed by atoms with Gasteiger partial charge < -0.3 is 9.42 Å². The zero-order chi connectivity index (χ0) is 15.0. The fraction of sp³-hybridized carbons (Fsp3) is 0.200. The summed E-state index contributed by atoms with van der Waals surface area (Å²) in [6.07, 6.45) is 1.81. The molecule has 1 atom stereocenters. The Bertz CT molecular complexity index is 827. The van der Waals surface area contributed by atoms with Crippen LogP contribution in [0.5, 0.6) is 5.88 Å². The summed E-state index contributed by atoms with van der Waals surface area (Å²) in [6, 6.07) is 3.24. The second kappa shape index (κ2) is 5.10. The second-order valence-corrected chi connectivity index (χ2v) is 6.56. The summed E-state index contributed by atoms with van der Waals surface area (Å²) in [6.45, 7) is 1.10. The van der Waals surface area contributed by atoms with Crippen molar-refractivity contribution in [2.45, 2.75) is 6.42 Å². The van der Waals surface area contributed by atoms with Crippen LogP contribution in [0.25, 0.3) is 5.65 Å². The SMILES string of the molecule is CP(=O)(O)Oc1c(Cc2nn[nH]n2)nc2cc(Cl)ccn12. The van der Waals surface area contributed by atoms with E-state index in [1.807, 2.05) is 0 Å². The molecule has 0 radical (unpaired) electrons. The summed E-state index contributed by atoms with van der Waals surface area (Å²) in [5.74, 6) is 0.540. The molecule has 21 heavy (non-hydrogen) atoms. The lowest BCUT2D eigenvalue weighted by atomic mass is 10.3. The molecule has 3 aromatic heterocycles. The van der Waals surface area contributed by atoms with Gasteiger partial charge in [-0.25, -0.2) is 9.55 Å². The lowest BCUT2D eigenvalue weighted by molar-refractivity contribution is 0.378. The van der Waals surface area contributed by atoms with Gasteiger partial charge in [0.1, 0.15) is 11.3 Å². The van der Waals surface area contributed by atoms with Crippen molar-refractivity contribution in [3.8, 4) is 5.88 Å². The highest BCUT2D eigenvalue weighted by Crippen LogP contribution is 2.40. The molecule has 0 aliphatic carbocycles. The minimum atomic E-state index is -3.75. The lowest BCUT2D eigenvalue weighted by Gasteiger charge is -2.09. The highest BCUT2D eigenvalue weighted by atomic mass is 35.5. The van der Waals surface area contributed by atoms with Gasteiger partial charge in [-0.3, -0.25) is 4.40 Å². The van der Waals surface area contributed by atoms with Crippen molar-refractivity contribution >= 4 is 24.8 Å². The topological polar surface area (TPSA) is 118 Å². The minimum Gasteiger partial charge on any atom is -0.406 e. The van der Waals surface area contributed by atoms with Crippen molar-refractivity contribution in [1.82, 2.24) is 30.0 Å². The Morgan fingerprint density at radius 3 is 3.05 bits per heavy atom. The molecule has 0 spiro atoms. The van der Waals surface area contributed by atoms with Gasteiger partial charge in [-0.15, -0.1) is 10.2 Å². The number of rotatable bonds is 4. The van der Waals surface area contributed by atoms with Crippen LogP contribution in [0.3, 0.4) is 0 Å². The number of nitrogens with zero attached hydrogens (tertiary/aromatic N) is 5. The van der Waals surface area contributed by atoms with Crippen molar-refractivity contribution in [3.63, 3.8) is 0 Å². The van der Waals surface area contributed by atoms with Crippen LogP contribution >= 0.6 is 19.2 Å². The average molecular weight is 329 g/mol. The first-order valence-corrected chi connectivity index (χ1v) is 8.21. The molecule has 0 aliphatic rings. The largest absolute Gasteiger partial charge is 0.406 e. The number of hydrogen-bond donors (Lipinski definition) is 2. The van der Waals surface area contributed by atoms with Gasteiger partial charge >= 0.3 is 7.60 Å². The van der Waals surface area contributed by atoms with Gasteiger partial charge in [0.15, 0.2) is 5.82 Å². The molecule has 3 aromatic rings. The van der Waals surface area contributed by atoms with Gasteiger partial charge in [0.2, 0.25) is 5.88 Å².